The van der Waals surface area contributed by atoms with E-state index in [0.717, 1.165) is 24.3 Å². The number of aromatic nitrogens is 6. The second-order valence-electron chi connectivity index (χ2n) is 4.64. The van der Waals surface area contributed by atoms with Gasteiger partial charge in [0.25, 0.3) is 0 Å². The van der Waals surface area contributed by atoms with Crippen LogP contribution in [0.3, 0.4) is 0 Å². The Bertz CT molecular complexity index is 695. The van der Waals surface area contributed by atoms with Crippen LogP contribution in [0.2, 0.25) is 0 Å². The molecule has 0 saturated carbocycles. The SMILES string of the molecule is NCCCN(Cc1cccnc1)c1ccc2nnnn2n1. The van der Waals surface area contributed by atoms with Crippen LogP contribution in [0.1, 0.15) is 12.0 Å². The molecular formula is C13H16N8. The fourth-order valence-electron chi connectivity index (χ4n) is 2.08. The van der Waals surface area contributed by atoms with Crippen molar-refractivity contribution in [2.75, 3.05) is 18.0 Å². The van der Waals surface area contributed by atoms with E-state index in [-0.39, 0.29) is 0 Å². The molecule has 0 bridgehead atoms. The minimum absolute atomic E-state index is 0.624. The van der Waals surface area contributed by atoms with Gasteiger partial charge in [0, 0.05) is 25.5 Å². The lowest BCUT2D eigenvalue weighted by Crippen LogP contribution is -2.27. The second kappa shape index (κ2) is 6.23. The van der Waals surface area contributed by atoms with Gasteiger partial charge in [-0.3, -0.25) is 4.98 Å². The molecule has 0 saturated heterocycles. The number of hydrogen-bond donors (Lipinski definition) is 1. The number of fused-ring (bicyclic) bond motifs is 1. The third kappa shape index (κ3) is 3.11. The van der Waals surface area contributed by atoms with Crippen LogP contribution < -0.4 is 10.6 Å². The molecule has 3 heterocycles. The van der Waals surface area contributed by atoms with E-state index in [9.17, 15) is 0 Å². The average Bonchev–Trinajstić information content (AvgIpc) is 3.00. The van der Waals surface area contributed by atoms with Crippen molar-refractivity contribution in [3.05, 3.63) is 42.2 Å². The normalized spacial score (nSPS) is 10.9. The van der Waals surface area contributed by atoms with Gasteiger partial charge in [0.05, 0.1) is 0 Å². The molecule has 3 aromatic rings. The van der Waals surface area contributed by atoms with Crippen LogP contribution in [0.25, 0.3) is 5.65 Å². The molecule has 0 amide bonds. The van der Waals surface area contributed by atoms with Gasteiger partial charge < -0.3 is 10.6 Å². The van der Waals surface area contributed by atoms with E-state index in [0.29, 0.717) is 18.7 Å². The van der Waals surface area contributed by atoms with E-state index in [1.807, 2.05) is 30.5 Å². The maximum absolute atomic E-state index is 5.63. The van der Waals surface area contributed by atoms with Crippen LogP contribution in [-0.4, -0.2) is 43.3 Å². The largest absolute Gasteiger partial charge is 0.351 e. The Balaban J connectivity index is 1.86. The molecule has 8 heteroatoms. The van der Waals surface area contributed by atoms with Crippen molar-refractivity contribution in [1.82, 2.24) is 30.2 Å². The Morgan fingerprint density at radius 1 is 1.24 bits per heavy atom. The summed E-state index contributed by atoms with van der Waals surface area (Å²) in [6, 6.07) is 7.73. The maximum atomic E-state index is 5.63. The van der Waals surface area contributed by atoms with Crippen molar-refractivity contribution in [3.63, 3.8) is 0 Å². The summed E-state index contributed by atoms with van der Waals surface area (Å²) in [5.41, 5.74) is 7.37. The third-order valence-corrected chi connectivity index (χ3v) is 3.11. The lowest BCUT2D eigenvalue weighted by Gasteiger charge is -2.23. The molecule has 0 spiro atoms. The summed E-state index contributed by atoms with van der Waals surface area (Å²) in [4.78, 5) is 6.29. The number of hydrogen-bond acceptors (Lipinski definition) is 7. The van der Waals surface area contributed by atoms with Crippen LogP contribution in [0.15, 0.2) is 36.7 Å². The Hall–Kier alpha value is -2.61. The first-order valence-corrected chi connectivity index (χ1v) is 6.76. The van der Waals surface area contributed by atoms with E-state index in [1.54, 1.807) is 6.20 Å². The summed E-state index contributed by atoms with van der Waals surface area (Å²) >= 11 is 0. The Kier molecular flexibility index (Phi) is 3.97. The predicted octanol–water partition coefficient (Wildman–Crippen LogP) is 0.270. The van der Waals surface area contributed by atoms with Crippen molar-refractivity contribution < 1.29 is 0 Å². The fourth-order valence-corrected chi connectivity index (χ4v) is 2.08. The van der Waals surface area contributed by atoms with Crippen molar-refractivity contribution in [2.24, 2.45) is 5.73 Å². The zero-order chi connectivity index (χ0) is 14.5. The highest BCUT2D eigenvalue weighted by Crippen LogP contribution is 2.14. The van der Waals surface area contributed by atoms with E-state index in [4.69, 9.17) is 5.73 Å². The zero-order valence-electron chi connectivity index (χ0n) is 11.5. The first-order chi connectivity index (χ1) is 10.4. The minimum atomic E-state index is 0.624. The van der Waals surface area contributed by atoms with Gasteiger partial charge in [-0.1, -0.05) is 6.07 Å². The van der Waals surface area contributed by atoms with Crippen LogP contribution in [0.4, 0.5) is 5.82 Å². The molecule has 3 rings (SSSR count). The summed E-state index contributed by atoms with van der Waals surface area (Å²) in [6.07, 6.45) is 4.50. The van der Waals surface area contributed by atoms with E-state index in [2.05, 4.69) is 30.5 Å². The highest BCUT2D eigenvalue weighted by atomic mass is 15.6. The smallest absolute Gasteiger partial charge is 0.200 e. The number of tetrazole rings is 1. The summed E-state index contributed by atoms with van der Waals surface area (Å²) in [6.45, 7) is 2.16. The monoisotopic (exact) mass is 284 g/mol. The lowest BCUT2D eigenvalue weighted by molar-refractivity contribution is 0.683. The molecule has 8 nitrogen and oxygen atoms in total. The van der Waals surface area contributed by atoms with Crippen molar-refractivity contribution in [2.45, 2.75) is 13.0 Å². The molecule has 0 fully saturated rings. The summed E-state index contributed by atoms with van der Waals surface area (Å²) in [5, 5.41) is 15.7. The Morgan fingerprint density at radius 2 is 2.19 bits per heavy atom. The van der Waals surface area contributed by atoms with Crippen LogP contribution in [0, 0.1) is 0 Å². The highest BCUT2D eigenvalue weighted by Gasteiger charge is 2.10. The molecule has 3 aromatic heterocycles. The quantitative estimate of drug-likeness (QED) is 0.693. The predicted molar refractivity (Wildman–Crippen MR) is 77.5 cm³/mol. The fraction of sp³-hybridized carbons (Fsp3) is 0.308. The van der Waals surface area contributed by atoms with Crippen LogP contribution in [0.5, 0.6) is 0 Å². The van der Waals surface area contributed by atoms with Gasteiger partial charge in [-0.05, 0) is 47.2 Å². The van der Waals surface area contributed by atoms with Gasteiger partial charge in [0.1, 0.15) is 0 Å². The molecule has 21 heavy (non-hydrogen) atoms. The molecule has 2 N–H and O–H groups in total. The van der Waals surface area contributed by atoms with Gasteiger partial charge >= 0.3 is 0 Å². The minimum Gasteiger partial charge on any atom is -0.351 e. The molecule has 0 aliphatic heterocycles. The van der Waals surface area contributed by atoms with Gasteiger partial charge in [-0.25, -0.2) is 0 Å². The Morgan fingerprint density at radius 3 is 3.00 bits per heavy atom. The molecule has 0 aliphatic carbocycles. The first-order valence-electron chi connectivity index (χ1n) is 6.76. The van der Waals surface area contributed by atoms with E-state index in [1.165, 1.54) is 4.63 Å². The van der Waals surface area contributed by atoms with Crippen molar-refractivity contribution >= 4 is 11.5 Å². The van der Waals surface area contributed by atoms with Crippen molar-refractivity contribution in [3.8, 4) is 0 Å². The van der Waals surface area contributed by atoms with Gasteiger partial charge in [0.15, 0.2) is 11.5 Å². The maximum Gasteiger partial charge on any atom is 0.200 e. The molecule has 0 unspecified atom stereocenters. The van der Waals surface area contributed by atoms with E-state index >= 15 is 0 Å². The molecule has 0 radical (unpaired) electrons. The topological polar surface area (TPSA) is 98.1 Å². The lowest BCUT2D eigenvalue weighted by atomic mass is 10.2. The zero-order valence-corrected chi connectivity index (χ0v) is 11.5. The first kappa shape index (κ1) is 13.4. The number of nitrogens with two attached hydrogens (primary N) is 1. The highest BCUT2D eigenvalue weighted by molar-refractivity contribution is 5.44. The van der Waals surface area contributed by atoms with Gasteiger partial charge in [-0.15, -0.1) is 14.8 Å². The summed E-state index contributed by atoms with van der Waals surface area (Å²) in [5.74, 6) is 0.812. The third-order valence-electron chi connectivity index (χ3n) is 3.11. The molecule has 108 valence electrons. The number of anilines is 1. The van der Waals surface area contributed by atoms with E-state index < -0.39 is 0 Å². The Labute approximate surface area is 121 Å². The summed E-state index contributed by atoms with van der Waals surface area (Å²) in [7, 11) is 0. The standard InChI is InChI=1S/C13H16N8/c14-6-2-8-20(10-11-3-1-7-15-9-11)13-5-4-12-16-18-19-21(12)17-13/h1,3-5,7,9H,2,6,8,10,14H2. The van der Waals surface area contributed by atoms with Crippen LogP contribution >= 0.6 is 0 Å². The molecule has 0 atom stereocenters. The number of rotatable bonds is 6. The van der Waals surface area contributed by atoms with Crippen molar-refractivity contribution in [1.29, 1.82) is 0 Å². The second-order valence-corrected chi connectivity index (χ2v) is 4.64. The summed E-state index contributed by atoms with van der Waals surface area (Å²) < 4.78 is 1.42. The number of pyridine rings is 1. The average molecular weight is 284 g/mol. The molecular weight excluding hydrogens is 268 g/mol. The number of nitrogens with zero attached hydrogens (tertiary/aromatic N) is 7. The molecule has 0 aromatic carbocycles. The van der Waals surface area contributed by atoms with Gasteiger partial charge in [0.2, 0.25) is 0 Å². The molecule has 0 aliphatic rings. The van der Waals surface area contributed by atoms with Crippen LogP contribution in [-0.2, 0) is 6.54 Å². The van der Waals surface area contributed by atoms with Gasteiger partial charge in [-0.2, -0.15) is 0 Å².